The fraction of sp³-hybridized carbons (Fsp3) is 0.556. The number of carbonyl (C=O) groups excluding carboxylic acids is 2. The van der Waals surface area contributed by atoms with Crippen molar-refractivity contribution in [2.75, 3.05) is 6.54 Å². The molecule has 0 saturated carbocycles. The van der Waals surface area contributed by atoms with E-state index in [4.69, 9.17) is 4.74 Å². The van der Waals surface area contributed by atoms with Gasteiger partial charge in [0.25, 0.3) is 0 Å². The summed E-state index contributed by atoms with van der Waals surface area (Å²) in [4.78, 5) is 26.7. The molecule has 0 spiro atoms. The number of rotatable bonds is 3. The molecule has 0 radical (unpaired) electrons. The summed E-state index contributed by atoms with van der Waals surface area (Å²) in [6.45, 7) is 8.13. The molecule has 1 fully saturated rings. The Hall–Kier alpha value is -1.84. The van der Waals surface area contributed by atoms with E-state index in [0.717, 1.165) is 12.8 Å². The summed E-state index contributed by atoms with van der Waals surface area (Å²) in [7, 11) is 0. The summed E-state index contributed by atoms with van der Waals surface area (Å²) < 4.78 is 5.46. The van der Waals surface area contributed by atoms with E-state index in [1.165, 1.54) is 0 Å². The molecular weight excluding hydrogens is 278 g/mol. The average Bonchev–Trinajstić information content (AvgIpc) is 2.94. The van der Waals surface area contributed by atoms with E-state index in [0.29, 0.717) is 12.1 Å². The Labute approximate surface area is 132 Å². The molecule has 1 aliphatic heterocycles. The molecule has 0 aromatic heterocycles. The molecule has 2 unspecified atom stereocenters. The quantitative estimate of drug-likeness (QED) is 0.795. The number of hydrogen-bond acceptors (Lipinski definition) is 3. The number of amides is 1. The van der Waals surface area contributed by atoms with Crippen molar-refractivity contribution in [2.45, 2.75) is 52.2 Å². The second kappa shape index (κ2) is 6.51. The molecule has 0 aliphatic carbocycles. The van der Waals surface area contributed by atoms with Crippen LogP contribution in [0.1, 0.15) is 50.9 Å². The molecule has 4 heteroatoms. The number of likely N-dealkylation sites (tertiary alicyclic amines) is 1. The van der Waals surface area contributed by atoms with Crippen LogP contribution in [0.2, 0.25) is 0 Å². The van der Waals surface area contributed by atoms with Gasteiger partial charge in [-0.3, -0.25) is 4.79 Å². The SMILES string of the molecule is CC(C(=O)c1ccccc1)C1CCCN1C(=O)OC(C)(C)C. The molecule has 1 aromatic rings. The maximum Gasteiger partial charge on any atom is 0.410 e. The zero-order valence-corrected chi connectivity index (χ0v) is 13.8. The Morgan fingerprint density at radius 3 is 2.45 bits per heavy atom. The highest BCUT2D eigenvalue weighted by Crippen LogP contribution is 2.28. The minimum atomic E-state index is -0.517. The van der Waals surface area contributed by atoms with E-state index < -0.39 is 5.60 Å². The minimum absolute atomic E-state index is 0.0810. The van der Waals surface area contributed by atoms with Crippen LogP contribution in [0.5, 0.6) is 0 Å². The lowest BCUT2D eigenvalue weighted by molar-refractivity contribution is 0.0188. The van der Waals surface area contributed by atoms with E-state index in [2.05, 4.69) is 0 Å². The summed E-state index contributed by atoms with van der Waals surface area (Å²) >= 11 is 0. The lowest BCUT2D eigenvalue weighted by atomic mass is 9.91. The first-order valence-electron chi connectivity index (χ1n) is 7.88. The van der Waals surface area contributed by atoms with Crippen molar-refractivity contribution in [3.05, 3.63) is 35.9 Å². The Morgan fingerprint density at radius 2 is 1.86 bits per heavy atom. The monoisotopic (exact) mass is 303 g/mol. The third-order valence-corrected chi connectivity index (χ3v) is 3.98. The number of Topliss-reactive ketones (excluding diaryl/α,β-unsaturated/α-hetero) is 1. The van der Waals surface area contributed by atoms with Crippen molar-refractivity contribution >= 4 is 11.9 Å². The van der Waals surface area contributed by atoms with E-state index in [1.807, 2.05) is 58.0 Å². The molecule has 1 heterocycles. The van der Waals surface area contributed by atoms with E-state index in [-0.39, 0.29) is 23.8 Å². The third kappa shape index (κ3) is 3.87. The van der Waals surface area contributed by atoms with Gasteiger partial charge >= 0.3 is 6.09 Å². The lowest BCUT2D eigenvalue weighted by Gasteiger charge is -2.31. The molecular formula is C18H25NO3. The normalized spacial score (nSPS) is 19.8. The van der Waals surface area contributed by atoms with Crippen molar-refractivity contribution < 1.29 is 14.3 Å². The Balaban J connectivity index is 2.10. The minimum Gasteiger partial charge on any atom is -0.444 e. The first kappa shape index (κ1) is 16.5. The van der Waals surface area contributed by atoms with E-state index in [9.17, 15) is 9.59 Å². The molecule has 1 aromatic carbocycles. The van der Waals surface area contributed by atoms with Gasteiger partial charge < -0.3 is 9.64 Å². The Kier molecular flexibility index (Phi) is 4.89. The predicted molar refractivity (Wildman–Crippen MR) is 85.9 cm³/mol. The standard InChI is InChI=1S/C18H25NO3/c1-13(16(20)14-9-6-5-7-10-14)15-11-8-12-19(15)17(21)22-18(2,3)4/h5-7,9-10,13,15H,8,11-12H2,1-4H3. The zero-order chi connectivity index (χ0) is 16.3. The van der Waals surface area contributed by atoms with Gasteiger partial charge in [-0.05, 0) is 33.6 Å². The van der Waals surface area contributed by atoms with Gasteiger partial charge in [-0.1, -0.05) is 37.3 Å². The summed E-state index contributed by atoms with van der Waals surface area (Å²) in [5, 5.41) is 0. The number of ether oxygens (including phenoxy) is 1. The molecule has 1 amide bonds. The second-order valence-corrected chi connectivity index (χ2v) is 6.90. The van der Waals surface area contributed by atoms with Crippen molar-refractivity contribution in [1.29, 1.82) is 0 Å². The fourth-order valence-electron chi connectivity index (χ4n) is 2.90. The number of hydrogen-bond donors (Lipinski definition) is 0. The van der Waals surface area contributed by atoms with Crippen LogP contribution in [-0.2, 0) is 4.74 Å². The van der Waals surface area contributed by atoms with Gasteiger partial charge in [-0.25, -0.2) is 4.79 Å². The number of ketones is 1. The maximum absolute atomic E-state index is 12.6. The molecule has 1 aliphatic rings. The highest BCUT2D eigenvalue weighted by molar-refractivity contribution is 5.98. The van der Waals surface area contributed by atoms with Crippen LogP contribution in [0, 0.1) is 5.92 Å². The molecule has 0 N–H and O–H groups in total. The van der Waals surface area contributed by atoms with Crippen molar-refractivity contribution in [3.8, 4) is 0 Å². The summed E-state index contributed by atoms with van der Waals surface area (Å²) in [6, 6.07) is 9.18. The first-order valence-corrected chi connectivity index (χ1v) is 7.88. The van der Waals surface area contributed by atoms with Gasteiger partial charge in [0.15, 0.2) is 5.78 Å². The van der Waals surface area contributed by atoms with Crippen molar-refractivity contribution in [2.24, 2.45) is 5.92 Å². The van der Waals surface area contributed by atoms with Crippen LogP contribution in [-0.4, -0.2) is 35.0 Å². The van der Waals surface area contributed by atoms with Crippen LogP contribution in [0.3, 0.4) is 0 Å². The molecule has 120 valence electrons. The van der Waals surface area contributed by atoms with Crippen LogP contribution in [0.15, 0.2) is 30.3 Å². The maximum atomic E-state index is 12.6. The molecule has 1 saturated heterocycles. The van der Waals surface area contributed by atoms with Crippen LogP contribution in [0.25, 0.3) is 0 Å². The van der Waals surface area contributed by atoms with Crippen LogP contribution < -0.4 is 0 Å². The summed E-state index contributed by atoms with van der Waals surface area (Å²) in [5.74, 6) is -0.140. The topological polar surface area (TPSA) is 46.6 Å². The van der Waals surface area contributed by atoms with E-state index >= 15 is 0 Å². The van der Waals surface area contributed by atoms with Crippen molar-refractivity contribution in [3.63, 3.8) is 0 Å². The Morgan fingerprint density at radius 1 is 1.23 bits per heavy atom. The first-order chi connectivity index (χ1) is 10.3. The highest BCUT2D eigenvalue weighted by Gasteiger charge is 2.37. The van der Waals surface area contributed by atoms with Gasteiger partial charge in [-0.2, -0.15) is 0 Å². The van der Waals surface area contributed by atoms with Crippen LogP contribution >= 0.6 is 0 Å². The van der Waals surface area contributed by atoms with Gasteiger partial charge in [0, 0.05) is 24.1 Å². The molecule has 22 heavy (non-hydrogen) atoms. The molecule has 4 nitrogen and oxygen atoms in total. The lowest BCUT2D eigenvalue weighted by Crippen LogP contribution is -2.44. The van der Waals surface area contributed by atoms with Crippen LogP contribution in [0.4, 0.5) is 4.79 Å². The smallest absolute Gasteiger partial charge is 0.410 e. The Bertz CT molecular complexity index is 533. The van der Waals surface area contributed by atoms with E-state index in [1.54, 1.807) is 4.90 Å². The van der Waals surface area contributed by atoms with Gasteiger partial charge in [0.2, 0.25) is 0 Å². The largest absolute Gasteiger partial charge is 0.444 e. The second-order valence-electron chi connectivity index (χ2n) is 6.90. The van der Waals surface area contributed by atoms with Gasteiger partial charge in [-0.15, -0.1) is 0 Å². The highest BCUT2D eigenvalue weighted by atomic mass is 16.6. The molecule has 0 bridgehead atoms. The van der Waals surface area contributed by atoms with Crippen molar-refractivity contribution in [1.82, 2.24) is 4.90 Å². The molecule has 2 rings (SSSR count). The summed E-state index contributed by atoms with van der Waals surface area (Å²) in [6.07, 6.45) is 1.44. The third-order valence-electron chi connectivity index (χ3n) is 3.98. The fourth-order valence-corrected chi connectivity index (χ4v) is 2.90. The number of carbonyl (C=O) groups is 2. The number of benzene rings is 1. The predicted octanol–water partition coefficient (Wildman–Crippen LogP) is 3.90. The van der Waals surface area contributed by atoms with Gasteiger partial charge in [0.1, 0.15) is 5.60 Å². The zero-order valence-electron chi connectivity index (χ0n) is 13.8. The summed E-state index contributed by atoms with van der Waals surface area (Å²) in [5.41, 5.74) is 0.183. The number of nitrogens with zero attached hydrogens (tertiary/aromatic N) is 1. The average molecular weight is 303 g/mol. The van der Waals surface area contributed by atoms with Gasteiger partial charge in [0.05, 0.1) is 0 Å². The molecule has 2 atom stereocenters.